The van der Waals surface area contributed by atoms with Gasteiger partial charge in [-0.1, -0.05) is 28.2 Å². The molecule has 0 aliphatic carbocycles. The Morgan fingerprint density at radius 2 is 1.69 bits per heavy atom. The zero-order chi connectivity index (χ0) is 11.3. The van der Waals surface area contributed by atoms with E-state index in [0.717, 1.165) is 0 Å². The van der Waals surface area contributed by atoms with Gasteiger partial charge in [-0.3, -0.25) is 4.79 Å². The van der Waals surface area contributed by atoms with Gasteiger partial charge in [-0.25, -0.2) is 0 Å². The third kappa shape index (κ3) is 68.4. The molecule has 0 radical (unpaired) electrons. The summed E-state index contributed by atoms with van der Waals surface area (Å²) in [5.74, 6) is 0.00926. The van der Waals surface area contributed by atoms with Crippen LogP contribution >= 0.6 is 35.4 Å². The van der Waals surface area contributed by atoms with Gasteiger partial charge in [-0.2, -0.15) is 0 Å². The third-order valence-corrected chi connectivity index (χ3v) is 0.516. The first-order valence-electron chi connectivity index (χ1n) is 3.49. The second kappa shape index (κ2) is 18.3. The average Bonchev–Trinajstić information content (AvgIpc) is 2.03. The van der Waals surface area contributed by atoms with E-state index < -0.39 is 0 Å². The molecule has 0 saturated carbocycles. The number of hydrogen-bond acceptors (Lipinski definition) is 3. The first-order valence-corrected chi connectivity index (χ1v) is 11.3. The van der Waals surface area contributed by atoms with E-state index in [2.05, 4.69) is 27.9 Å². The standard InChI is InChI=1S/C4H8O2.C3H6O.CH2I2/c1-3-4(5)6-2;1-3(2)4;1-3-2/h3H2,1-2H3;1-2H3;1H2. The van der Waals surface area contributed by atoms with Gasteiger partial charge in [-0.15, -0.1) is 0 Å². The summed E-state index contributed by atoms with van der Waals surface area (Å²) in [6.45, 7) is 4.81. The molecule has 0 unspecified atom stereocenters. The van der Waals surface area contributed by atoms with Crippen LogP contribution in [0.2, 0.25) is 0 Å². The van der Waals surface area contributed by atoms with Crippen molar-refractivity contribution in [2.75, 3.05) is 7.11 Å². The van der Waals surface area contributed by atoms with Gasteiger partial charge in [0.25, 0.3) is 0 Å². The summed E-state index contributed by atoms with van der Waals surface area (Å²) in [7, 11) is 1.38. The second-order valence-corrected chi connectivity index (χ2v) is 6.38. The van der Waals surface area contributed by atoms with Crippen LogP contribution < -0.4 is 0 Å². The predicted molar refractivity (Wildman–Crippen MR) is 73.8 cm³/mol. The maximum Gasteiger partial charge on any atom is 0.305 e. The van der Waals surface area contributed by atoms with Gasteiger partial charge in [0, 0.05) is 6.42 Å². The molecule has 0 rings (SSSR count). The molecule has 0 aliphatic rings. The molecule has 3 nitrogen and oxygen atoms in total. The van der Waals surface area contributed by atoms with E-state index in [-0.39, 0.29) is 11.8 Å². The quantitative estimate of drug-likeness (QED) is 0.490. The number of hydrogen-bond donors (Lipinski definition) is 0. The molecule has 0 atom stereocenters. The Balaban J connectivity index is -0.000000125. The number of ketones is 1. The molecule has 0 aromatic rings. The van der Waals surface area contributed by atoms with Crippen molar-refractivity contribution in [1.82, 2.24) is 0 Å². The van der Waals surface area contributed by atoms with Crippen molar-refractivity contribution in [3.8, 4) is 0 Å². The van der Waals surface area contributed by atoms with Gasteiger partial charge < -0.3 is 9.53 Å². The number of esters is 1. The van der Waals surface area contributed by atoms with Crippen molar-refractivity contribution >= 4 is 51.6 Å². The highest BCUT2D eigenvalue weighted by Crippen LogP contribution is 2.00. The number of halogens is 2. The molecule has 0 N–H and O–H groups in total. The zero-order valence-electron chi connectivity index (χ0n) is 8.39. The van der Waals surface area contributed by atoms with Gasteiger partial charge >= 0.3 is 5.97 Å². The van der Waals surface area contributed by atoms with E-state index in [0.29, 0.717) is 23.2 Å². The van der Waals surface area contributed by atoms with E-state index in [1.807, 2.05) is 0 Å². The Labute approximate surface area is 99.5 Å². The van der Waals surface area contributed by atoms with Crippen molar-refractivity contribution in [1.29, 1.82) is 0 Å². The average molecular weight is 414 g/mol. The van der Waals surface area contributed by atoms with E-state index in [9.17, 15) is 9.59 Å². The van der Waals surface area contributed by atoms with Crippen molar-refractivity contribution in [2.45, 2.75) is 27.2 Å². The fraction of sp³-hybridized carbons (Fsp3) is 0.625. The van der Waals surface area contributed by atoms with E-state index in [1.165, 1.54) is 21.0 Å². The molecule has 5 heteroatoms. The lowest BCUT2D eigenvalue weighted by atomic mass is 10.5. The fourth-order valence-corrected chi connectivity index (χ4v) is 0.144. The highest BCUT2D eigenvalue weighted by Gasteiger charge is 1.87. The second-order valence-electron chi connectivity index (χ2n) is 1.94. The van der Waals surface area contributed by atoms with Gasteiger partial charge in [0.2, 0.25) is 0 Å². The Morgan fingerprint density at radius 1 is 1.46 bits per heavy atom. The number of carbonyl (C=O) groups is 2. The number of Topliss-reactive ketones (excluding diaryl/α,β-unsaturated/α-hetero) is 1. The van der Waals surface area contributed by atoms with Crippen LogP contribution in [0.5, 0.6) is 0 Å². The molecule has 0 heterocycles. The number of ether oxygens (including phenoxy) is 1. The SMILES string of the molecule is C=II.CC(C)=O.CCC(=O)OC. The Morgan fingerprint density at radius 3 is 1.69 bits per heavy atom. The molecular formula is C8H16I2O3. The fourth-order valence-electron chi connectivity index (χ4n) is 0.144. The monoisotopic (exact) mass is 414 g/mol. The molecule has 0 bridgehead atoms. The van der Waals surface area contributed by atoms with E-state index in [1.54, 1.807) is 6.92 Å². The molecule has 0 aromatic carbocycles. The highest BCUT2D eigenvalue weighted by molar-refractivity contribution is 15.0. The van der Waals surface area contributed by atoms with Crippen molar-refractivity contribution in [3.63, 3.8) is 0 Å². The lowest BCUT2D eigenvalue weighted by Crippen LogP contribution is -1.94. The first kappa shape index (κ1) is 19.1. The minimum Gasteiger partial charge on any atom is -0.469 e. The Bertz CT molecular complexity index is 136. The predicted octanol–water partition coefficient (Wildman–Crippen LogP) is 2.90. The number of rotatable bonds is 1. The molecule has 0 fully saturated rings. The van der Waals surface area contributed by atoms with Crippen LogP contribution in [0.25, 0.3) is 0 Å². The van der Waals surface area contributed by atoms with Gasteiger partial charge in [-0.05, 0) is 32.5 Å². The lowest BCUT2D eigenvalue weighted by molar-refractivity contribution is -0.140. The van der Waals surface area contributed by atoms with E-state index >= 15 is 0 Å². The first-order chi connectivity index (χ1) is 5.95. The summed E-state index contributed by atoms with van der Waals surface area (Å²) in [4.78, 5) is 19.4. The summed E-state index contributed by atoms with van der Waals surface area (Å²) in [5.41, 5.74) is 0. The maximum atomic E-state index is 9.96. The van der Waals surface area contributed by atoms with Crippen LogP contribution in [0.1, 0.15) is 27.2 Å². The van der Waals surface area contributed by atoms with Crippen LogP contribution in [0.4, 0.5) is 0 Å². The van der Waals surface area contributed by atoms with Crippen molar-refractivity contribution < 1.29 is 14.3 Å². The van der Waals surface area contributed by atoms with Gasteiger partial charge in [0.15, 0.2) is 0 Å². The smallest absolute Gasteiger partial charge is 0.305 e. The summed E-state index contributed by atoms with van der Waals surface area (Å²) in [5, 5.41) is 0. The molecule has 80 valence electrons. The van der Waals surface area contributed by atoms with Crippen LogP contribution in [-0.2, 0) is 14.3 Å². The van der Waals surface area contributed by atoms with Crippen LogP contribution in [-0.4, -0.2) is 23.4 Å². The number of methoxy groups -OCH3 is 1. The molecule has 13 heavy (non-hydrogen) atoms. The number of carbonyl (C=O) groups excluding carboxylic acids is 2. The van der Waals surface area contributed by atoms with Crippen LogP contribution in [0.3, 0.4) is 0 Å². The minimum atomic E-state index is -0.157. The third-order valence-electron chi connectivity index (χ3n) is 0.516. The summed E-state index contributed by atoms with van der Waals surface area (Å²) < 4.78 is 7.84. The van der Waals surface area contributed by atoms with Gasteiger partial charge in [0.05, 0.1) is 7.11 Å². The molecule has 0 aliphatic heterocycles. The maximum absolute atomic E-state index is 9.96. The summed E-state index contributed by atoms with van der Waals surface area (Å²) in [6, 6.07) is 0. The molecule has 0 saturated heterocycles. The van der Waals surface area contributed by atoms with Crippen LogP contribution in [0.15, 0.2) is 0 Å². The highest BCUT2D eigenvalue weighted by atomic mass is 128. The lowest BCUT2D eigenvalue weighted by Gasteiger charge is -1.87. The summed E-state index contributed by atoms with van der Waals surface area (Å²) >= 11 is 2.60. The normalized spacial score (nSPS) is 6.85. The zero-order valence-corrected chi connectivity index (χ0v) is 12.7. The Kier molecular flexibility index (Phi) is 26.9. The van der Waals surface area contributed by atoms with E-state index in [4.69, 9.17) is 0 Å². The van der Waals surface area contributed by atoms with Crippen molar-refractivity contribution in [3.05, 3.63) is 0 Å². The molecule has 0 aromatic heterocycles. The van der Waals surface area contributed by atoms with Crippen LogP contribution in [0, 0.1) is 0 Å². The topological polar surface area (TPSA) is 43.4 Å². The van der Waals surface area contributed by atoms with Crippen molar-refractivity contribution in [2.24, 2.45) is 0 Å². The Hall–Kier alpha value is 0.470. The van der Waals surface area contributed by atoms with Gasteiger partial charge in [0.1, 0.15) is 5.78 Å². The summed E-state index contributed by atoms with van der Waals surface area (Å²) in [6.07, 6.45) is 0.469. The largest absolute Gasteiger partial charge is 0.469 e. The minimum absolute atomic E-state index is 0.157. The molecule has 0 spiro atoms. The molecular weight excluding hydrogens is 398 g/mol. The molecule has 0 amide bonds.